The van der Waals surface area contributed by atoms with E-state index in [-0.39, 0.29) is 16.2 Å². The predicted molar refractivity (Wildman–Crippen MR) is 125 cm³/mol. The van der Waals surface area contributed by atoms with Gasteiger partial charge in [0.2, 0.25) is 0 Å². The summed E-state index contributed by atoms with van der Waals surface area (Å²) in [5.41, 5.74) is 3.39. The van der Waals surface area contributed by atoms with E-state index in [1.807, 2.05) is 36.4 Å². The first-order valence-electron chi connectivity index (χ1n) is 10.5. The Kier molecular flexibility index (Phi) is 6.56. The molecule has 0 saturated heterocycles. The highest BCUT2D eigenvalue weighted by molar-refractivity contribution is 5.88. The second kappa shape index (κ2) is 8.29. The van der Waals surface area contributed by atoms with E-state index in [1.165, 1.54) is 11.6 Å². The summed E-state index contributed by atoms with van der Waals surface area (Å²) >= 11 is 0. The summed E-state index contributed by atoms with van der Waals surface area (Å²) in [5.74, 6) is 0.420. The molecule has 0 radical (unpaired) electrons. The predicted octanol–water partition coefficient (Wildman–Crippen LogP) is 6.90. The zero-order valence-electron chi connectivity index (χ0n) is 19.9. The molecule has 0 fully saturated rings. The van der Waals surface area contributed by atoms with E-state index in [2.05, 4.69) is 62.3 Å². The molecule has 1 N–H and O–H groups in total. The average Bonchev–Trinajstić information content (AvgIpc) is 2.58. The number of carbonyl (C=O) groups excluding carboxylic acids is 1. The average molecular weight is 409 g/mol. The molecular weight excluding hydrogens is 372 g/mol. The number of rotatable bonds is 3. The molecule has 162 valence electrons. The molecule has 3 heteroatoms. The second-order valence-corrected chi connectivity index (χ2v) is 11.0. The first kappa shape index (κ1) is 23.7. The number of aromatic hydroxyl groups is 1. The van der Waals surface area contributed by atoms with E-state index in [9.17, 15) is 9.90 Å². The molecule has 0 aliphatic heterocycles. The molecule has 2 aromatic carbocycles. The third kappa shape index (κ3) is 5.98. The molecule has 0 bridgehead atoms. The van der Waals surface area contributed by atoms with Crippen molar-refractivity contribution in [2.75, 3.05) is 0 Å². The van der Waals surface area contributed by atoms with Crippen LogP contribution in [0.4, 0.5) is 0 Å². The Hall–Kier alpha value is -2.55. The van der Waals surface area contributed by atoms with Gasteiger partial charge >= 0.3 is 5.97 Å². The molecule has 0 aliphatic rings. The molecule has 0 aromatic heterocycles. The van der Waals surface area contributed by atoms with Crippen LogP contribution in [0.15, 0.2) is 42.5 Å². The van der Waals surface area contributed by atoms with Gasteiger partial charge in [0.25, 0.3) is 0 Å². The number of ether oxygens (including phenoxy) is 1. The SMILES string of the molecule is CC(C)(C)c1ccc(OC(=O)C=Cc2cc(C(C)(C)C)c(O)c(C(C)(C)C)c2)cc1. The van der Waals surface area contributed by atoms with E-state index in [4.69, 9.17) is 4.74 Å². The lowest BCUT2D eigenvalue weighted by Gasteiger charge is -2.27. The highest BCUT2D eigenvalue weighted by Crippen LogP contribution is 2.40. The molecule has 0 atom stereocenters. The maximum absolute atomic E-state index is 12.3. The van der Waals surface area contributed by atoms with Crippen molar-refractivity contribution in [3.05, 3.63) is 64.7 Å². The van der Waals surface area contributed by atoms with Gasteiger partial charge < -0.3 is 9.84 Å². The number of benzene rings is 2. The molecule has 2 rings (SSSR count). The molecule has 0 saturated carbocycles. The third-order valence-corrected chi connectivity index (χ3v) is 5.10. The highest BCUT2D eigenvalue weighted by atomic mass is 16.5. The van der Waals surface area contributed by atoms with Gasteiger partial charge in [0.1, 0.15) is 11.5 Å². The zero-order valence-corrected chi connectivity index (χ0v) is 19.9. The highest BCUT2D eigenvalue weighted by Gasteiger charge is 2.26. The lowest BCUT2D eigenvalue weighted by molar-refractivity contribution is -0.128. The molecular formula is C27H36O3. The topological polar surface area (TPSA) is 46.5 Å². The largest absolute Gasteiger partial charge is 0.507 e. The monoisotopic (exact) mass is 408 g/mol. The number of hydrogen-bond donors (Lipinski definition) is 1. The smallest absolute Gasteiger partial charge is 0.336 e. The zero-order chi connectivity index (χ0) is 22.9. The summed E-state index contributed by atoms with van der Waals surface area (Å²) in [5, 5.41) is 10.8. The van der Waals surface area contributed by atoms with Gasteiger partial charge in [-0.15, -0.1) is 0 Å². The van der Waals surface area contributed by atoms with E-state index < -0.39 is 5.97 Å². The number of esters is 1. The summed E-state index contributed by atoms with van der Waals surface area (Å²) < 4.78 is 5.45. The van der Waals surface area contributed by atoms with Crippen molar-refractivity contribution in [2.45, 2.75) is 78.6 Å². The Balaban J connectivity index is 2.27. The number of phenols is 1. The minimum absolute atomic E-state index is 0.0524. The first-order valence-corrected chi connectivity index (χ1v) is 10.5. The van der Waals surface area contributed by atoms with Gasteiger partial charge in [-0.3, -0.25) is 0 Å². The molecule has 0 heterocycles. The van der Waals surface area contributed by atoms with Crippen molar-refractivity contribution in [3.8, 4) is 11.5 Å². The standard InChI is InChI=1S/C27H36O3/c1-25(2,3)19-11-13-20(14-12-19)30-23(28)15-10-18-16-21(26(4,5)6)24(29)22(17-18)27(7,8)9/h10-17,29H,1-9H3. The third-order valence-electron chi connectivity index (χ3n) is 5.10. The minimum atomic E-state index is -0.429. The summed E-state index contributed by atoms with van der Waals surface area (Å²) in [6, 6.07) is 11.5. The fourth-order valence-electron chi connectivity index (χ4n) is 3.23. The Bertz CT molecular complexity index is 893. The van der Waals surface area contributed by atoms with Crippen molar-refractivity contribution in [3.63, 3.8) is 0 Å². The number of carbonyl (C=O) groups is 1. The molecule has 3 nitrogen and oxygen atoms in total. The van der Waals surface area contributed by atoms with Crippen LogP contribution in [0.25, 0.3) is 6.08 Å². The van der Waals surface area contributed by atoms with E-state index in [1.54, 1.807) is 6.08 Å². The van der Waals surface area contributed by atoms with Crippen molar-refractivity contribution >= 4 is 12.0 Å². The van der Waals surface area contributed by atoms with Gasteiger partial charge in [0.15, 0.2) is 0 Å². The van der Waals surface area contributed by atoms with E-state index >= 15 is 0 Å². The quantitative estimate of drug-likeness (QED) is 0.341. The van der Waals surface area contributed by atoms with Crippen LogP contribution in [0.3, 0.4) is 0 Å². The van der Waals surface area contributed by atoms with Crippen molar-refractivity contribution in [1.29, 1.82) is 0 Å². The van der Waals surface area contributed by atoms with Crippen LogP contribution < -0.4 is 4.74 Å². The Morgan fingerprint density at radius 1 is 0.800 bits per heavy atom. The Labute approximate surface area is 181 Å². The van der Waals surface area contributed by atoms with Crippen LogP contribution in [-0.2, 0) is 21.0 Å². The fraction of sp³-hybridized carbons (Fsp3) is 0.444. The van der Waals surface area contributed by atoms with Crippen LogP contribution in [-0.4, -0.2) is 11.1 Å². The van der Waals surface area contributed by atoms with Crippen molar-refractivity contribution < 1.29 is 14.6 Å². The van der Waals surface area contributed by atoms with Crippen LogP contribution in [0.2, 0.25) is 0 Å². The molecule has 0 unspecified atom stereocenters. The number of phenolic OH excluding ortho intramolecular Hbond substituents is 1. The van der Waals surface area contributed by atoms with Crippen molar-refractivity contribution in [2.24, 2.45) is 0 Å². The normalized spacial score (nSPS) is 13.0. The van der Waals surface area contributed by atoms with Crippen LogP contribution in [0.1, 0.15) is 84.6 Å². The van der Waals surface area contributed by atoms with E-state index in [0.717, 1.165) is 16.7 Å². The molecule has 2 aromatic rings. The fourth-order valence-corrected chi connectivity index (χ4v) is 3.23. The Morgan fingerprint density at radius 2 is 1.27 bits per heavy atom. The maximum Gasteiger partial charge on any atom is 0.336 e. The lowest BCUT2D eigenvalue weighted by Crippen LogP contribution is -2.17. The first-order chi connectivity index (χ1) is 13.6. The molecule has 0 spiro atoms. The van der Waals surface area contributed by atoms with Crippen LogP contribution in [0.5, 0.6) is 11.5 Å². The van der Waals surface area contributed by atoms with Crippen molar-refractivity contribution in [1.82, 2.24) is 0 Å². The Morgan fingerprint density at radius 3 is 1.67 bits per heavy atom. The van der Waals surface area contributed by atoms with Gasteiger partial charge in [-0.1, -0.05) is 74.4 Å². The van der Waals surface area contributed by atoms with Crippen LogP contribution >= 0.6 is 0 Å². The van der Waals surface area contributed by atoms with Gasteiger partial charge in [0, 0.05) is 17.2 Å². The summed E-state index contributed by atoms with van der Waals surface area (Å²) in [4.78, 5) is 12.3. The maximum atomic E-state index is 12.3. The molecule has 0 amide bonds. The summed E-state index contributed by atoms with van der Waals surface area (Å²) in [7, 11) is 0. The van der Waals surface area contributed by atoms with Gasteiger partial charge in [-0.2, -0.15) is 0 Å². The molecule has 30 heavy (non-hydrogen) atoms. The van der Waals surface area contributed by atoms with Gasteiger partial charge in [-0.05, 0) is 57.7 Å². The number of hydrogen-bond acceptors (Lipinski definition) is 3. The van der Waals surface area contributed by atoms with Gasteiger partial charge in [0.05, 0.1) is 0 Å². The second-order valence-electron chi connectivity index (χ2n) is 11.0. The van der Waals surface area contributed by atoms with Crippen LogP contribution in [0, 0.1) is 0 Å². The molecule has 0 aliphatic carbocycles. The lowest BCUT2D eigenvalue weighted by atomic mass is 9.78. The van der Waals surface area contributed by atoms with Gasteiger partial charge in [-0.25, -0.2) is 4.79 Å². The van der Waals surface area contributed by atoms with E-state index in [0.29, 0.717) is 11.5 Å². The summed E-state index contributed by atoms with van der Waals surface area (Å²) in [6.45, 7) is 18.8. The summed E-state index contributed by atoms with van der Waals surface area (Å²) in [6.07, 6.45) is 3.18. The minimum Gasteiger partial charge on any atom is -0.507 e.